The smallest absolute Gasteiger partial charge is 0.252 e. The molecule has 1 aliphatic heterocycles. The van der Waals surface area contributed by atoms with Gasteiger partial charge in [-0.25, -0.2) is 0 Å². The SMILES string of the molecule is O=C(NC1CCNCC1)c1cc(C2CC2)nc2ccccc12. The molecule has 114 valence electrons. The molecular weight excluding hydrogens is 274 g/mol. The topological polar surface area (TPSA) is 54.0 Å². The van der Waals surface area contributed by atoms with Crippen molar-refractivity contribution in [2.24, 2.45) is 0 Å². The van der Waals surface area contributed by atoms with E-state index in [0.29, 0.717) is 5.92 Å². The molecule has 2 fully saturated rings. The standard InChI is InChI=1S/C18H21N3O/c22-18(20-13-7-9-19-10-8-13)15-11-17(12-5-6-12)21-16-4-2-1-3-14(15)16/h1-4,11-13,19H,5-10H2,(H,20,22). The van der Waals surface area contributed by atoms with Crippen molar-refractivity contribution in [3.05, 3.63) is 41.6 Å². The molecular formula is C18H21N3O. The number of hydrogen-bond donors (Lipinski definition) is 2. The van der Waals surface area contributed by atoms with Crippen molar-refractivity contribution in [2.45, 2.75) is 37.6 Å². The molecule has 1 amide bonds. The zero-order valence-corrected chi connectivity index (χ0v) is 12.6. The fourth-order valence-electron chi connectivity index (χ4n) is 3.20. The molecule has 0 bridgehead atoms. The highest BCUT2D eigenvalue weighted by Gasteiger charge is 2.27. The second-order valence-electron chi connectivity index (χ2n) is 6.38. The fourth-order valence-corrected chi connectivity index (χ4v) is 3.20. The van der Waals surface area contributed by atoms with E-state index in [9.17, 15) is 4.79 Å². The van der Waals surface area contributed by atoms with E-state index in [-0.39, 0.29) is 11.9 Å². The minimum Gasteiger partial charge on any atom is -0.349 e. The van der Waals surface area contributed by atoms with Gasteiger partial charge in [0, 0.05) is 23.0 Å². The first-order valence-corrected chi connectivity index (χ1v) is 8.22. The van der Waals surface area contributed by atoms with Crippen LogP contribution in [0.4, 0.5) is 0 Å². The minimum atomic E-state index is 0.0485. The average molecular weight is 295 g/mol. The second-order valence-corrected chi connectivity index (χ2v) is 6.38. The summed E-state index contributed by atoms with van der Waals surface area (Å²) >= 11 is 0. The van der Waals surface area contributed by atoms with Crippen LogP contribution < -0.4 is 10.6 Å². The van der Waals surface area contributed by atoms with E-state index in [2.05, 4.69) is 10.6 Å². The van der Waals surface area contributed by atoms with E-state index in [0.717, 1.165) is 48.1 Å². The van der Waals surface area contributed by atoms with Crippen molar-refractivity contribution >= 4 is 16.8 Å². The minimum absolute atomic E-state index is 0.0485. The summed E-state index contributed by atoms with van der Waals surface area (Å²) < 4.78 is 0. The lowest BCUT2D eigenvalue weighted by atomic mass is 10.0. The van der Waals surface area contributed by atoms with E-state index in [4.69, 9.17) is 4.98 Å². The summed E-state index contributed by atoms with van der Waals surface area (Å²) in [5.74, 6) is 0.599. The summed E-state index contributed by atoms with van der Waals surface area (Å²) in [7, 11) is 0. The Balaban J connectivity index is 1.67. The Morgan fingerprint density at radius 1 is 1.14 bits per heavy atom. The number of carbonyl (C=O) groups excluding carboxylic acids is 1. The first-order valence-electron chi connectivity index (χ1n) is 8.22. The van der Waals surface area contributed by atoms with Gasteiger partial charge >= 0.3 is 0 Å². The highest BCUT2D eigenvalue weighted by Crippen LogP contribution is 2.40. The summed E-state index contributed by atoms with van der Waals surface area (Å²) in [6, 6.07) is 10.3. The number of carbonyl (C=O) groups is 1. The van der Waals surface area contributed by atoms with Crippen molar-refractivity contribution in [3.63, 3.8) is 0 Å². The van der Waals surface area contributed by atoms with Gasteiger partial charge in [-0.2, -0.15) is 0 Å². The van der Waals surface area contributed by atoms with Gasteiger partial charge in [-0.3, -0.25) is 9.78 Å². The molecule has 2 heterocycles. The summed E-state index contributed by atoms with van der Waals surface area (Å²) in [5.41, 5.74) is 2.79. The van der Waals surface area contributed by atoms with E-state index < -0.39 is 0 Å². The number of nitrogens with one attached hydrogen (secondary N) is 2. The predicted molar refractivity (Wildman–Crippen MR) is 87.1 cm³/mol. The monoisotopic (exact) mass is 295 g/mol. The van der Waals surface area contributed by atoms with Gasteiger partial charge in [0.05, 0.1) is 11.1 Å². The molecule has 4 rings (SSSR count). The number of pyridine rings is 1. The number of piperidine rings is 1. The summed E-state index contributed by atoms with van der Waals surface area (Å²) in [6.07, 6.45) is 4.40. The zero-order chi connectivity index (χ0) is 14.9. The van der Waals surface area contributed by atoms with Crippen LogP contribution in [-0.2, 0) is 0 Å². The van der Waals surface area contributed by atoms with E-state index in [1.165, 1.54) is 12.8 Å². The second kappa shape index (κ2) is 5.69. The lowest BCUT2D eigenvalue weighted by molar-refractivity contribution is 0.0931. The highest BCUT2D eigenvalue weighted by molar-refractivity contribution is 6.06. The molecule has 0 radical (unpaired) electrons. The van der Waals surface area contributed by atoms with Crippen molar-refractivity contribution in [1.29, 1.82) is 0 Å². The van der Waals surface area contributed by atoms with Gasteiger partial charge < -0.3 is 10.6 Å². The molecule has 0 unspecified atom stereocenters. The largest absolute Gasteiger partial charge is 0.349 e. The van der Waals surface area contributed by atoms with Crippen LogP contribution in [0.3, 0.4) is 0 Å². The fraction of sp³-hybridized carbons (Fsp3) is 0.444. The van der Waals surface area contributed by atoms with Crippen LogP contribution in [0.1, 0.15) is 47.7 Å². The molecule has 1 aliphatic carbocycles. The average Bonchev–Trinajstić information content (AvgIpc) is 3.39. The van der Waals surface area contributed by atoms with E-state index in [1.807, 2.05) is 30.3 Å². The molecule has 4 nitrogen and oxygen atoms in total. The molecule has 1 saturated heterocycles. The maximum Gasteiger partial charge on any atom is 0.252 e. The Hall–Kier alpha value is -1.94. The Bertz CT molecular complexity index is 703. The summed E-state index contributed by atoms with van der Waals surface area (Å²) in [5, 5.41) is 7.49. The van der Waals surface area contributed by atoms with Crippen molar-refractivity contribution in [1.82, 2.24) is 15.6 Å². The van der Waals surface area contributed by atoms with Crippen LogP contribution in [0, 0.1) is 0 Å². The molecule has 22 heavy (non-hydrogen) atoms. The van der Waals surface area contributed by atoms with Crippen LogP contribution in [-0.4, -0.2) is 30.0 Å². The lowest BCUT2D eigenvalue weighted by Crippen LogP contribution is -2.42. The van der Waals surface area contributed by atoms with Crippen LogP contribution in [0.15, 0.2) is 30.3 Å². The molecule has 4 heteroatoms. The first-order chi connectivity index (χ1) is 10.8. The summed E-state index contributed by atoms with van der Waals surface area (Å²) in [4.78, 5) is 17.5. The van der Waals surface area contributed by atoms with Crippen molar-refractivity contribution in [3.8, 4) is 0 Å². The molecule has 2 N–H and O–H groups in total. The quantitative estimate of drug-likeness (QED) is 0.915. The Kier molecular flexibility index (Phi) is 3.54. The molecule has 1 aromatic heterocycles. The van der Waals surface area contributed by atoms with Crippen molar-refractivity contribution in [2.75, 3.05) is 13.1 Å². The number of benzene rings is 1. The molecule has 2 aromatic rings. The third-order valence-corrected chi connectivity index (χ3v) is 4.65. The van der Waals surface area contributed by atoms with Gasteiger partial charge in [-0.1, -0.05) is 18.2 Å². The number of aromatic nitrogens is 1. The number of nitrogens with zero attached hydrogens (tertiary/aromatic N) is 1. The number of rotatable bonds is 3. The zero-order valence-electron chi connectivity index (χ0n) is 12.6. The lowest BCUT2D eigenvalue weighted by Gasteiger charge is -2.24. The van der Waals surface area contributed by atoms with Gasteiger partial charge in [0.2, 0.25) is 0 Å². The van der Waals surface area contributed by atoms with Crippen LogP contribution in [0.25, 0.3) is 10.9 Å². The van der Waals surface area contributed by atoms with Gasteiger partial charge in [0.25, 0.3) is 5.91 Å². The van der Waals surface area contributed by atoms with Crippen LogP contribution in [0.2, 0.25) is 0 Å². The third-order valence-electron chi connectivity index (χ3n) is 4.65. The van der Waals surface area contributed by atoms with E-state index >= 15 is 0 Å². The van der Waals surface area contributed by atoms with Gasteiger partial charge in [0.1, 0.15) is 0 Å². The van der Waals surface area contributed by atoms with Crippen LogP contribution >= 0.6 is 0 Å². The first kappa shape index (κ1) is 13.7. The van der Waals surface area contributed by atoms with Gasteiger partial charge in [-0.05, 0) is 50.9 Å². The molecule has 1 aromatic carbocycles. The molecule has 1 saturated carbocycles. The number of para-hydroxylation sites is 1. The maximum absolute atomic E-state index is 12.8. The van der Waals surface area contributed by atoms with Gasteiger partial charge in [-0.15, -0.1) is 0 Å². The maximum atomic E-state index is 12.8. The molecule has 2 aliphatic rings. The number of hydrogen-bond acceptors (Lipinski definition) is 3. The Morgan fingerprint density at radius 3 is 2.68 bits per heavy atom. The Morgan fingerprint density at radius 2 is 1.91 bits per heavy atom. The van der Waals surface area contributed by atoms with Crippen molar-refractivity contribution < 1.29 is 4.79 Å². The third kappa shape index (κ3) is 2.71. The number of fused-ring (bicyclic) bond motifs is 1. The Labute approximate surface area is 130 Å². The summed E-state index contributed by atoms with van der Waals surface area (Å²) in [6.45, 7) is 1.96. The normalized spacial score (nSPS) is 19.3. The highest BCUT2D eigenvalue weighted by atomic mass is 16.1. The predicted octanol–water partition coefficient (Wildman–Crippen LogP) is 2.59. The molecule has 0 atom stereocenters. The molecule has 0 spiro atoms. The van der Waals surface area contributed by atoms with E-state index in [1.54, 1.807) is 0 Å². The van der Waals surface area contributed by atoms with Crippen LogP contribution in [0.5, 0.6) is 0 Å². The van der Waals surface area contributed by atoms with Gasteiger partial charge in [0.15, 0.2) is 0 Å². The number of amides is 1.